The Balaban J connectivity index is 2.08. The van der Waals surface area contributed by atoms with Crippen molar-refractivity contribution in [3.63, 3.8) is 0 Å². The van der Waals surface area contributed by atoms with Crippen LogP contribution in [0.5, 0.6) is 0 Å². The molecule has 0 aliphatic rings. The Hall–Kier alpha value is -3.47. The second kappa shape index (κ2) is 7.83. The van der Waals surface area contributed by atoms with E-state index in [-0.39, 0.29) is 5.56 Å². The molecule has 8 nitrogen and oxygen atoms in total. The molecule has 0 atom stereocenters. The highest BCUT2D eigenvalue weighted by Gasteiger charge is 2.28. The van der Waals surface area contributed by atoms with Crippen molar-refractivity contribution in [1.29, 1.82) is 0 Å². The van der Waals surface area contributed by atoms with E-state index in [4.69, 9.17) is 18.9 Å². The van der Waals surface area contributed by atoms with Crippen molar-refractivity contribution < 1.29 is 4.79 Å². The first-order chi connectivity index (χ1) is 13.0. The maximum absolute atomic E-state index is 11.6. The van der Waals surface area contributed by atoms with Gasteiger partial charge in [0.2, 0.25) is 0 Å². The van der Waals surface area contributed by atoms with Crippen molar-refractivity contribution in [2.24, 2.45) is 16.0 Å². The minimum atomic E-state index is -1.02. The summed E-state index contributed by atoms with van der Waals surface area (Å²) >= 11 is 2.14. The van der Waals surface area contributed by atoms with Crippen molar-refractivity contribution in [3.8, 4) is 11.3 Å². The summed E-state index contributed by atoms with van der Waals surface area (Å²) in [6, 6.07) is 9.29. The van der Waals surface area contributed by atoms with E-state index in [0.717, 1.165) is 28.4 Å². The second-order valence-corrected chi connectivity index (χ2v) is 6.98. The molecule has 0 unspecified atom stereocenters. The van der Waals surface area contributed by atoms with Gasteiger partial charge in [0.05, 0.1) is 5.69 Å². The number of nitrogens with zero attached hydrogens (tertiary/aromatic N) is 6. The van der Waals surface area contributed by atoms with Crippen molar-refractivity contribution in [1.82, 2.24) is 9.36 Å². The summed E-state index contributed by atoms with van der Waals surface area (Å²) in [4.78, 5) is 22.6. The molecule has 2 N–H and O–H groups in total. The fourth-order valence-electron chi connectivity index (χ4n) is 2.23. The Kier molecular flexibility index (Phi) is 5.31. The number of rotatable bonds is 5. The van der Waals surface area contributed by atoms with Crippen molar-refractivity contribution in [2.75, 3.05) is 0 Å². The van der Waals surface area contributed by atoms with Crippen LogP contribution in [0.3, 0.4) is 0 Å². The average Bonchev–Trinajstić information content (AvgIpc) is 3.25. The van der Waals surface area contributed by atoms with E-state index in [0.29, 0.717) is 26.4 Å². The molecule has 0 aliphatic heterocycles. The van der Waals surface area contributed by atoms with Crippen molar-refractivity contribution >= 4 is 38.8 Å². The van der Waals surface area contributed by atoms with Crippen molar-refractivity contribution in [2.45, 2.75) is 13.1 Å². The van der Waals surface area contributed by atoms with Gasteiger partial charge in [-0.15, -0.1) is 10.2 Å². The molecular weight excluding hydrogens is 382 g/mol. The maximum Gasteiger partial charge on any atom is 0.528 e. The Morgan fingerprint density at radius 3 is 2.48 bits per heavy atom. The van der Waals surface area contributed by atoms with Gasteiger partial charge in [0.15, 0.2) is 10.0 Å². The molecule has 1 aromatic carbocycles. The van der Waals surface area contributed by atoms with Crippen LogP contribution in [0.2, 0.25) is 0 Å². The zero-order valence-corrected chi connectivity index (χ0v) is 15.6. The summed E-state index contributed by atoms with van der Waals surface area (Å²) in [5.41, 5.74) is 7.42. The highest BCUT2D eigenvalue weighted by molar-refractivity contribution is 7.16. The number of aromatic nitrogens is 2. The molecule has 27 heavy (non-hydrogen) atoms. The zero-order chi connectivity index (χ0) is 19.4. The normalized spacial score (nSPS) is 10.8. The lowest BCUT2D eigenvalue weighted by atomic mass is 10.2. The van der Waals surface area contributed by atoms with Crippen LogP contribution in [-0.2, 0) is 0 Å². The Morgan fingerprint density at radius 1 is 1.19 bits per heavy atom. The van der Waals surface area contributed by atoms with E-state index in [2.05, 4.69) is 29.3 Å². The smallest absolute Gasteiger partial charge is 0.365 e. The Morgan fingerprint density at radius 2 is 1.85 bits per heavy atom. The molecule has 1 amide bonds. The average molecular weight is 393 g/mol. The standard InChI is InChI=1S/C17H11N7OS2/c1-9-11(13(18)25)15(27-24-9)22-23-16-12(10-7-5-4-6-8-10)21-17(26-16)14(19-2)20-3/h4-8,14H,1H3,(H2,18,25). The number of primary amides is 1. The van der Waals surface area contributed by atoms with Crippen LogP contribution in [0.4, 0.5) is 10.0 Å². The fourth-order valence-corrected chi connectivity index (χ4v) is 3.85. The summed E-state index contributed by atoms with van der Waals surface area (Å²) in [6.45, 7) is 16.0. The zero-order valence-electron chi connectivity index (χ0n) is 13.9. The van der Waals surface area contributed by atoms with Gasteiger partial charge >= 0.3 is 6.17 Å². The quantitative estimate of drug-likeness (QED) is 0.491. The number of azo groups is 1. The van der Waals surface area contributed by atoms with Gasteiger partial charge in [0.1, 0.15) is 11.3 Å². The SMILES string of the molecule is [C-]#[N+]C([N+]#[C-])c1nc(-c2ccccc2)c(N=Nc2snc(C)c2C(N)=O)s1. The molecule has 3 rings (SSSR count). The molecule has 0 spiro atoms. The molecule has 0 radical (unpaired) electrons. The van der Waals surface area contributed by atoms with E-state index in [1.54, 1.807) is 6.92 Å². The van der Waals surface area contributed by atoms with Crippen LogP contribution in [0, 0.1) is 20.1 Å². The lowest BCUT2D eigenvalue weighted by Crippen LogP contribution is -2.11. The minimum Gasteiger partial charge on any atom is -0.365 e. The number of hydrogen-bond donors (Lipinski definition) is 1. The molecule has 10 heteroatoms. The van der Waals surface area contributed by atoms with Gasteiger partial charge in [0.25, 0.3) is 10.9 Å². The largest absolute Gasteiger partial charge is 0.528 e. The molecule has 2 heterocycles. The van der Waals surface area contributed by atoms with E-state index in [9.17, 15) is 4.79 Å². The molecule has 3 aromatic rings. The van der Waals surface area contributed by atoms with Gasteiger partial charge in [-0.2, -0.15) is 4.37 Å². The van der Waals surface area contributed by atoms with Gasteiger partial charge < -0.3 is 5.73 Å². The third-order valence-corrected chi connectivity index (χ3v) is 5.26. The highest BCUT2D eigenvalue weighted by Crippen LogP contribution is 2.40. The highest BCUT2D eigenvalue weighted by atomic mass is 32.1. The first kappa shape index (κ1) is 18.3. The summed E-state index contributed by atoms with van der Waals surface area (Å²) in [7, 11) is 0. The van der Waals surface area contributed by atoms with Crippen LogP contribution >= 0.6 is 22.9 Å². The van der Waals surface area contributed by atoms with Gasteiger partial charge in [-0.3, -0.25) is 4.79 Å². The van der Waals surface area contributed by atoms with E-state index in [1.165, 1.54) is 0 Å². The fraction of sp³-hybridized carbons (Fsp3) is 0.118. The summed E-state index contributed by atoms with van der Waals surface area (Å²) in [6.07, 6.45) is -1.02. The number of amides is 1. The van der Waals surface area contributed by atoms with Crippen LogP contribution in [0.15, 0.2) is 40.6 Å². The molecule has 0 fully saturated rings. The predicted molar refractivity (Wildman–Crippen MR) is 103 cm³/mol. The number of carbonyl (C=O) groups excluding carboxylic acids is 1. The third kappa shape index (κ3) is 3.72. The van der Waals surface area contributed by atoms with Crippen LogP contribution in [0.25, 0.3) is 20.9 Å². The maximum atomic E-state index is 11.6. The molecule has 2 aromatic heterocycles. The Bertz CT molecular complexity index is 1090. The van der Waals surface area contributed by atoms with Crippen LogP contribution < -0.4 is 5.73 Å². The predicted octanol–water partition coefficient (Wildman–Crippen LogP) is 4.93. The van der Waals surface area contributed by atoms with Crippen molar-refractivity contribution in [3.05, 3.63) is 69.4 Å². The molecule has 0 saturated heterocycles. The summed E-state index contributed by atoms with van der Waals surface area (Å²) in [5, 5.41) is 9.44. The first-order valence-electron chi connectivity index (χ1n) is 7.52. The van der Waals surface area contributed by atoms with Crippen LogP contribution in [-0.4, -0.2) is 15.3 Å². The number of carbonyl (C=O) groups is 1. The van der Waals surface area contributed by atoms with E-state index in [1.807, 2.05) is 30.3 Å². The molecule has 132 valence electrons. The van der Waals surface area contributed by atoms with Gasteiger partial charge in [-0.1, -0.05) is 41.7 Å². The topological polar surface area (TPSA) is 102 Å². The van der Waals surface area contributed by atoms with Gasteiger partial charge in [-0.25, -0.2) is 27.8 Å². The number of nitrogens with two attached hydrogens (primary N) is 1. The number of thiazole rings is 1. The lowest BCUT2D eigenvalue weighted by molar-refractivity contribution is 0.100. The lowest BCUT2D eigenvalue weighted by Gasteiger charge is -1.97. The molecule has 0 saturated carbocycles. The Labute approximate surface area is 162 Å². The molecule has 0 bridgehead atoms. The summed E-state index contributed by atoms with van der Waals surface area (Å²) < 4.78 is 4.09. The third-order valence-electron chi connectivity index (χ3n) is 3.46. The van der Waals surface area contributed by atoms with E-state index < -0.39 is 12.1 Å². The molecule has 0 aliphatic carbocycles. The number of hydrogen-bond acceptors (Lipinski definition) is 7. The second-order valence-electron chi connectivity index (χ2n) is 5.22. The van der Waals surface area contributed by atoms with Crippen LogP contribution in [0.1, 0.15) is 27.2 Å². The summed E-state index contributed by atoms with van der Waals surface area (Å²) in [5.74, 6) is -0.621. The van der Waals surface area contributed by atoms with E-state index >= 15 is 0 Å². The van der Waals surface area contributed by atoms with Gasteiger partial charge in [0, 0.05) is 5.56 Å². The van der Waals surface area contributed by atoms with Gasteiger partial charge in [-0.05, 0) is 18.5 Å². The molecular formula is C17H11N7OS2. The number of benzene rings is 1. The monoisotopic (exact) mass is 393 g/mol. The minimum absolute atomic E-state index is 0.231. The first-order valence-corrected chi connectivity index (χ1v) is 9.11. The number of aryl methyl sites for hydroxylation is 1.